The molecule has 0 heterocycles. The van der Waals surface area contributed by atoms with E-state index in [2.05, 4.69) is 0 Å². The Bertz CT molecular complexity index is 405. The zero-order chi connectivity index (χ0) is 15.7. The van der Waals surface area contributed by atoms with Crippen molar-refractivity contribution in [3.63, 3.8) is 0 Å². The first-order chi connectivity index (χ1) is 10.2. The zero-order valence-corrected chi connectivity index (χ0v) is 13.4. The van der Waals surface area contributed by atoms with E-state index in [1.807, 2.05) is 45.9 Å². The fraction of sp³-hybridized carbons (Fsp3) is 0.625. The van der Waals surface area contributed by atoms with Gasteiger partial charge in [-0.1, -0.05) is 6.07 Å². The Morgan fingerprint density at radius 3 is 1.95 bits per heavy atom. The number of hydrogen-bond acceptors (Lipinski definition) is 5. The number of nitrogens with two attached hydrogens (primary N) is 1. The van der Waals surface area contributed by atoms with Gasteiger partial charge in [-0.3, -0.25) is 0 Å². The Kier molecular flexibility index (Phi) is 8.12. The summed E-state index contributed by atoms with van der Waals surface area (Å²) in [6, 6.07) is 5.31. The molecule has 5 nitrogen and oxygen atoms in total. The molecule has 1 unspecified atom stereocenters. The SMILES string of the molecule is CCOc1ccc(C(N)C(OCC)OCC)cc1OCC. The van der Waals surface area contributed by atoms with Gasteiger partial charge in [0.2, 0.25) is 0 Å². The maximum Gasteiger partial charge on any atom is 0.176 e. The van der Waals surface area contributed by atoms with Crippen molar-refractivity contribution in [2.45, 2.75) is 40.0 Å². The van der Waals surface area contributed by atoms with Crippen molar-refractivity contribution in [3.05, 3.63) is 23.8 Å². The Labute approximate surface area is 127 Å². The van der Waals surface area contributed by atoms with E-state index in [9.17, 15) is 0 Å². The molecule has 0 saturated carbocycles. The van der Waals surface area contributed by atoms with Gasteiger partial charge in [0, 0.05) is 13.2 Å². The second-order valence-corrected chi connectivity index (χ2v) is 4.38. The number of rotatable bonds is 10. The topological polar surface area (TPSA) is 62.9 Å². The monoisotopic (exact) mass is 297 g/mol. The third-order valence-corrected chi connectivity index (χ3v) is 2.91. The van der Waals surface area contributed by atoms with E-state index in [4.69, 9.17) is 24.7 Å². The quantitative estimate of drug-likeness (QED) is 0.673. The van der Waals surface area contributed by atoms with Gasteiger partial charge in [0.1, 0.15) is 0 Å². The van der Waals surface area contributed by atoms with Crippen molar-refractivity contribution in [1.82, 2.24) is 0 Å². The summed E-state index contributed by atoms with van der Waals surface area (Å²) in [5, 5.41) is 0. The molecule has 0 saturated heterocycles. The van der Waals surface area contributed by atoms with E-state index in [0.29, 0.717) is 32.2 Å². The molecular formula is C16H27NO4. The highest BCUT2D eigenvalue weighted by Crippen LogP contribution is 2.31. The van der Waals surface area contributed by atoms with Gasteiger partial charge in [-0.25, -0.2) is 0 Å². The summed E-state index contributed by atoms with van der Waals surface area (Å²) in [7, 11) is 0. The maximum atomic E-state index is 6.25. The van der Waals surface area contributed by atoms with Gasteiger partial charge < -0.3 is 24.7 Å². The minimum absolute atomic E-state index is 0.375. The molecule has 5 heteroatoms. The van der Waals surface area contributed by atoms with Crippen LogP contribution in [0.15, 0.2) is 18.2 Å². The first-order valence-corrected chi connectivity index (χ1v) is 7.56. The van der Waals surface area contributed by atoms with E-state index in [0.717, 1.165) is 11.3 Å². The van der Waals surface area contributed by atoms with E-state index in [1.54, 1.807) is 0 Å². The summed E-state index contributed by atoms with van der Waals surface area (Å²) < 4.78 is 22.3. The lowest BCUT2D eigenvalue weighted by Gasteiger charge is -2.24. The van der Waals surface area contributed by atoms with Gasteiger partial charge in [0.15, 0.2) is 17.8 Å². The van der Waals surface area contributed by atoms with Crippen molar-refractivity contribution in [2.24, 2.45) is 5.73 Å². The van der Waals surface area contributed by atoms with Crippen LogP contribution in [0, 0.1) is 0 Å². The largest absolute Gasteiger partial charge is 0.490 e. The highest BCUT2D eigenvalue weighted by atomic mass is 16.7. The maximum absolute atomic E-state index is 6.25. The fourth-order valence-corrected chi connectivity index (χ4v) is 2.02. The van der Waals surface area contributed by atoms with Gasteiger partial charge in [-0.15, -0.1) is 0 Å². The second-order valence-electron chi connectivity index (χ2n) is 4.38. The molecule has 21 heavy (non-hydrogen) atoms. The highest BCUT2D eigenvalue weighted by Gasteiger charge is 2.21. The second kappa shape index (κ2) is 9.60. The molecule has 1 atom stereocenters. The van der Waals surface area contributed by atoms with Crippen molar-refractivity contribution in [1.29, 1.82) is 0 Å². The van der Waals surface area contributed by atoms with Crippen LogP contribution >= 0.6 is 0 Å². The average molecular weight is 297 g/mol. The van der Waals surface area contributed by atoms with E-state index >= 15 is 0 Å². The van der Waals surface area contributed by atoms with Crippen LogP contribution in [-0.2, 0) is 9.47 Å². The molecule has 0 spiro atoms. The summed E-state index contributed by atoms with van der Waals surface area (Å²) in [6.07, 6.45) is -0.465. The lowest BCUT2D eigenvalue weighted by Crippen LogP contribution is -2.31. The molecule has 1 rings (SSSR count). The Hall–Kier alpha value is -1.30. The molecule has 0 amide bonds. The molecule has 0 radical (unpaired) electrons. The minimum atomic E-state index is -0.465. The smallest absolute Gasteiger partial charge is 0.176 e. The van der Waals surface area contributed by atoms with Crippen LogP contribution in [0.1, 0.15) is 39.3 Å². The summed E-state index contributed by atoms with van der Waals surface area (Å²) >= 11 is 0. The van der Waals surface area contributed by atoms with Crippen molar-refractivity contribution in [2.75, 3.05) is 26.4 Å². The van der Waals surface area contributed by atoms with Gasteiger partial charge >= 0.3 is 0 Å². The molecule has 0 fully saturated rings. The minimum Gasteiger partial charge on any atom is -0.490 e. The number of ether oxygens (including phenoxy) is 4. The van der Waals surface area contributed by atoms with Crippen molar-refractivity contribution in [3.8, 4) is 11.5 Å². The lowest BCUT2D eigenvalue weighted by atomic mass is 10.1. The Balaban J connectivity index is 2.96. The van der Waals surface area contributed by atoms with Crippen LogP contribution in [0.5, 0.6) is 11.5 Å². The summed E-state index contributed by atoms with van der Waals surface area (Å²) in [5.41, 5.74) is 7.15. The average Bonchev–Trinajstić information content (AvgIpc) is 2.48. The third-order valence-electron chi connectivity index (χ3n) is 2.91. The van der Waals surface area contributed by atoms with Gasteiger partial charge in [0.05, 0.1) is 19.3 Å². The predicted molar refractivity (Wildman–Crippen MR) is 82.7 cm³/mol. The Morgan fingerprint density at radius 1 is 0.857 bits per heavy atom. The first kappa shape index (κ1) is 17.8. The van der Waals surface area contributed by atoms with Crippen molar-refractivity contribution < 1.29 is 18.9 Å². The van der Waals surface area contributed by atoms with Gasteiger partial charge in [-0.05, 0) is 45.4 Å². The molecule has 0 aliphatic heterocycles. The summed E-state index contributed by atoms with van der Waals surface area (Å²) in [4.78, 5) is 0. The molecule has 1 aromatic rings. The zero-order valence-electron chi connectivity index (χ0n) is 13.4. The summed E-state index contributed by atoms with van der Waals surface area (Å²) in [5.74, 6) is 1.42. The van der Waals surface area contributed by atoms with E-state index < -0.39 is 6.29 Å². The van der Waals surface area contributed by atoms with E-state index in [1.165, 1.54) is 0 Å². The molecule has 0 aliphatic carbocycles. The van der Waals surface area contributed by atoms with Crippen molar-refractivity contribution >= 4 is 0 Å². The summed E-state index contributed by atoms with van der Waals surface area (Å²) in [6.45, 7) is 9.97. The Morgan fingerprint density at radius 2 is 1.43 bits per heavy atom. The third kappa shape index (κ3) is 5.19. The number of hydrogen-bond donors (Lipinski definition) is 1. The predicted octanol–water partition coefficient (Wildman–Crippen LogP) is 2.88. The van der Waals surface area contributed by atoms with E-state index in [-0.39, 0.29) is 6.04 Å². The molecule has 0 bridgehead atoms. The standard InChI is InChI=1S/C16H27NO4/c1-5-18-13-10-9-12(11-14(13)19-6-2)15(17)16(20-7-3)21-8-4/h9-11,15-16H,5-8,17H2,1-4H3. The van der Waals surface area contributed by atoms with Crippen LogP contribution in [-0.4, -0.2) is 32.7 Å². The van der Waals surface area contributed by atoms with Crippen LogP contribution in [0.4, 0.5) is 0 Å². The first-order valence-electron chi connectivity index (χ1n) is 7.56. The molecule has 0 aliphatic rings. The van der Waals surface area contributed by atoms with Gasteiger partial charge in [-0.2, -0.15) is 0 Å². The normalized spacial score (nSPS) is 12.5. The van der Waals surface area contributed by atoms with Gasteiger partial charge in [0.25, 0.3) is 0 Å². The molecule has 0 aromatic heterocycles. The molecule has 2 N–H and O–H groups in total. The molecular weight excluding hydrogens is 270 g/mol. The lowest BCUT2D eigenvalue weighted by molar-refractivity contribution is -0.149. The van der Waals surface area contributed by atoms with Crippen LogP contribution in [0.25, 0.3) is 0 Å². The fourth-order valence-electron chi connectivity index (χ4n) is 2.02. The van der Waals surface area contributed by atoms with Crippen LogP contribution in [0.2, 0.25) is 0 Å². The van der Waals surface area contributed by atoms with Crippen LogP contribution in [0.3, 0.4) is 0 Å². The molecule has 120 valence electrons. The van der Waals surface area contributed by atoms with Crippen LogP contribution < -0.4 is 15.2 Å². The molecule has 1 aromatic carbocycles. The number of benzene rings is 1. The highest BCUT2D eigenvalue weighted by molar-refractivity contribution is 5.44.